The Labute approximate surface area is 151 Å². The van der Waals surface area contributed by atoms with Crippen molar-refractivity contribution in [2.24, 2.45) is 0 Å². The Balaban J connectivity index is 1.90. The number of likely N-dealkylation sites (tertiary alicyclic amines) is 1. The summed E-state index contributed by atoms with van der Waals surface area (Å²) in [6.07, 6.45) is 2.82. The van der Waals surface area contributed by atoms with Gasteiger partial charge in [-0.3, -0.25) is 9.36 Å². The second-order valence-corrected chi connectivity index (χ2v) is 7.64. The van der Waals surface area contributed by atoms with E-state index in [-0.39, 0.29) is 11.6 Å². The minimum atomic E-state index is 0.136. The molecule has 0 atom stereocenters. The van der Waals surface area contributed by atoms with Crippen molar-refractivity contribution in [1.29, 1.82) is 0 Å². The Kier molecular flexibility index (Phi) is 4.44. The van der Waals surface area contributed by atoms with Gasteiger partial charge in [0.2, 0.25) is 0 Å². The standard InChI is InChI=1S/C20H23N3OS/c1-3-17-21-19-18(16(13-25-19)14-7-5-4-6-8-14)20(24)23(17)15-9-11-22(2)12-10-15/h4-8,13,15H,3,9-12H2,1-2H3. The van der Waals surface area contributed by atoms with Gasteiger partial charge in [-0.15, -0.1) is 11.3 Å². The third kappa shape index (κ3) is 2.92. The zero-order valence-electron chi connectivity index (χ0n) is 14.7. The number of aryl methyl sites for hydroxylation is 1. The van der Waals surface area contributed by atoms with E-state index in [1.165, 1.54) is 0 Å². The Morgan fingerprint density at radius 1 is 1.20 bits per heavy atom. The highest BCUT2D eigenvalue weighted by Gasteiger charge is 2.24. The molecule has 1 saturated heterocycles. The minimum Gasteiger partial charge on any atom is -0.306 e. The van der Waals surface area contributed by atoms with Crippen LogP contribution in [-0.2, 0) is 6.42 Å². The number of piperidine rings is 1. The fourth-order valence-corrected chi connectivity index (χ4v) is 4.71. The molecule has 1 aliphatic heterocycles. The summed E-state index contributed by atoms with van der Waals surface area (Å²) in [6, 6.07) is 10.4. The first kappa shape index (κ1) is 16.5. The Morgan fingerprint density at radius 2 is 1.92 bits per heavy atom. The van der Waals surface area contributed by atoms with Crippen LogP contribution < -0.4 is 5.56 Å². The molecule has 1 aliphatic rings. The van der Waals surface area contributed by atoms with E-state index >= 15 is 0 Å². The summed E-state index contributed by atoms with van der Waals surface area (Å²) in [7, 11) is 2.15. The lowest BCUT2D eigenvalue weighted by Crippen LogP contribution is -2.37. The lowest BCUT2D eigenvalue weighted by atomic mass is 10.0. The molecular weight excluding hydrogens is 330 g/mol. The maximum absolute atomic E-state index is 13.5. The molecule has 1 aromatic carbocycles. The number of hydrogen-bond donors (Lipinski definition) is 0. The van der Waals surface area contributed by atoms with Crippen molar-refractivity contribution >= 4 is 21.6 Å². The van der Waals surface area contributed by atoms with Crippen molar-refractivity contribution < 1.29 is 0 Å². The lowest BCUT2D eigenvalue weighted by Gasteiger charge is -2.31. The van der Waals surface area contributed by atoms with E-state index in [9.17, 15) is 4.79 Å². The van der Waals surface area contributed by atoms with Crippen molar-refractivity contribution in [1.82, 2.24) is 14.5 Å². The predicted molar refractivity (Wildman–Crippen MR) is 104 cm³/mol. The molecule has 3 heterocycles. The van der Waals surface area contributed by atoms with Crippen LogP contribution >= 0.6 is 11.3 Å². The van der Waals surface area contributed by atoms with Gasteiger partial charge in [0.15, 0.2) is 0 Å². The number of aromatic nitrogens is 2. The highest BCUT2D eigenvalue weighted by molar-refractivity contribution is 7.17. The SMILES string of the molecule is CCc1nc2scc(-c3ccccc3)c2c(=O)n1C1CCN(C)CC1. The normalized spacial score (nSPS) is 16.6. The third-order valence-corrected chi connectivity index (χ3v) is 6.04. The predicted octanol–water partition coefficient (Wildman–Crippen LogP) is 3.95. The van der Waals surface area contributed by atoms with Crippen LogP contribution in [0.4, 0.5) is 0 Å². The van der Waals surface area contributed by atoms with Gasteiger partial charge in [-0.25, -0.2) is 4.98 Å². The topological polar surface area (TPSA) is 38.1 Å². The largest absolute Gasteiger partial charge is 0.306 e. The molecule has 0 saturated carbocycles. The summed E-state index contributed by atoms with van der Waals surface area (Å²) in [4.78, 5) is 21.5. The number of thiophene rings is 1. The summed E-state index contributed by atoms with van der Waals surface area (Å²) < 4.78 is 1.99. The molecule has 4 nitrogen and oxygen atoms in total. The molecule has 2 aromatic heterocycles. The zero-order valence-corrected chi connectivity index (χ0v) is 15.6. The monoisotopic (exact) mass is 353 g/mol. The molecule has 4 rings (SSSR count). The van der Waals surface area contributed by atoms with E-state index < -0.39 is 0 Å². The average molecular weight is 353 g/mol. The molecule has 0 unspecified atom stereocenters. The molecule has 0 radical (unpaired) electrons. The fourth-order valence-electron chi connectivity index (χ4n) is 3.75. The number of nitrogens with zero attached hydrogens (tertiary/aromatic N) is 3. The van der Waals surface area contributed by atoms with Gasteiger partial charge in [0.1, 0.15) is 10.7 Å². The first-order valence-electron chi connectivity index (χ1n) is 8.95. The molecule has 25 heavy (non-hydrogen) atoms. The van der Waals surface area contributed by atoms with Crippen LogP contribution in [0.1, 0.15) is 31.6 Å². The van der Waals surface area contributed by atoms with Crippen LogP contribution in [0, 0.1) is 0 Å². The first-order chi connectivity index (χ1) is 12.2. The molecule has 0 aliphatic carbocycles. The maximum Gasteiger partial charge on any atom is 0.263 e. The molecule has 5 heteroatoms. The molecular formula is C20H23N3OS. The van der Waals surface area contributed by atoms with Crippen LogP contribution in [0.25, 0.3) is 21.3 Å². The summed E-state index contributed by atoms with van der Waals surface area (Å²) in [5.74, 6) is 0.925. The molecule has 0 spiro atoms. The molecule has 0 bridgehead atoms. The van der Waals surface area contributed by atoms with Crippen LogP contribution in [0.15, 0.2) is 40.5 Å². The van der Waals surface area contributed by atoms with Gasteiger partial charge in [-0.2, -0.15) is 0 Å². The Hall–Kier alpha value is -1.98. The highest BCUT2D eigenvalue weighted by Crippen LogP contribution is 2.32. The van der Waals surface area contributed by atoms with E-state index in [1.807, 2.05) is 22.8 Å². The van der Waals surface area contributed by atoms with Gasteiger partial charge in [0.05, 0.1) is 5.39 Å². The van der Waals surface area contributed by atoms with E-state index in [1.54, 1.807) is 11.3 Å². The lowest BCUT2D eigenvalue weighted by molar-refractivity contribution is 0.216. The number of fused-ring (bicyclic) bond motifs is 1. The van der Waals surface area contributed by atoms with Crippen molar-refractivity contribution in [2.45, 2.75) is 32.2 Å². The summed E-state index contributed by atoms with van der Waals surface area (Å²) >= 11 is 1.58. The highest BCUT2D eigenvalue weighted by atomic mass is 32.1. The van der Waals surface area contributed by atoms with E-state index in [2.05, 4.69) is 36.4 Å². The second-order valence-electron chi connectivity index (χ2n) is 6.79. The number of benzene rings is 1. The second kappa shape index (κ2) is 6.73. The van der Waals surface area contributed by atoms with Gasteiger partial charge in [0, 0.05) is 23.4 Å². The maximum atomic E-state index is 13.5. The smallest absolute Gasteiger partial charge is 0.263 e. The van der Waals surface area contributed by atoms with Crippen molar-refractivity contribution in [3.8, 4) is 11.1 Å². The van der Waals surface area contributed by atoms with Crippen molar-refractivity contribution in [3.05, 3.63) is 51.9 Å². The van der Waals surface area contributed by atoms with Crippen LogP contribution in [0.2, 0.25) is 0 Å². The van der Waals surface area contributed by atoms with Crippen molar-refractivity contribution in [2.75, 3.05) is 20.1 Å². The molecule has 0 amide bonds. The van der Waals surface area contributed by atoms with E-state index in [0.29, 0.717) is 0 Å². The first-order valence-corrected chi connectivity index (χ1v) is 9.83. The average Bonchev–Trinajstić information content (AvgIpc) is 3.07. The minimum absolute atomic E-state index is 0.136. The van der Waals surface area contributed by atoms with Gasteiger partial charge < -0.3 is 4.90 Å². The number of rotatable bonds is 3. The van der Waals surface area contributed by atoms with Gasteiger partial charge >= 0.3 is 0 Å². The molecule has 130 valence electrons. The summed E-state index contributed by atoms with van der Waals surface area (Å²) in [6.45, 7) is 4.16. The molecule has 1 fully saturated rings. The van der Waals surface area contributed by atoms with Gasteiger partial charge in [-0.1, -0.05) is 37.3 Å². The van der Waals surface area contributed by atoms with Gasteiger partial charge in [-0.05, 0) is 38.5 Å². The van der Waals surface area contributed by atoms with Crippen LogP contribution in [0.5, 0.6) is 0 Å². The fraction of sp³-hybridized carbons (Fsp3) is 0.400. The number of hydrogen-bond acceptors (Lipinski definition) is 4. The summed E-state index contributed by atoms with van der Waals surface area (Å²) in [5.41, 5.74) is 2.24. The Morgan fingerprint density at radius 3 is 2.60 bits per heavy atom. The third-order valence-electron chi connectivity index (χ3n) is 5.17. The van der Waals surface area contributed by atoms with Crippen molar-refractivity contribution in [3.63, 3.8) is 0 Å². The molecule has 3 aromatic rings. The summed E-state index contributed by atoms with van der Waals surface area (Å²) in [5, 5.41) is 2.86. The van der Waals surface area contributed by atoms with Gasteiger partial charge in [0.25, 0.3) is 5.56 Å². The van der Waals surface area contributed by atoms with E-state index in [4.69, 9.17) is 4.98 Å². The quantitative estimate of drug-likeness (QED) is 0.715. The van der Waals surface area contributed by atoms with E-state index in [0.717, 1.165) is 59.5 Å². The molecule has 0 N–H and O–H groups in total. The van der Waals surface area contributed by atoms with Crippen LogP contribution in [-0.4, -0.2) is 34.6 Å². The zero-order chi connectivity index (χ0) is 17.4. The Bertz CT molecular complexity index is 937. The van der Waals surface area contributed by atoms with Crippen LogP contribution in [0.3, 0.4) is 0 Å².